The van der Waals surface area contributed by atoms with Crippen molar-refractivity contribution < 1.29 is 14.2 Å². The Balaban J connectivity index is 1.31. The molecule has 1 N–H and O–H groups in total. The SMILES string of the molecule is Brc1cc(CNCC2CN(C3CC3)CCO2)cc2c1OCCCO2. The average molecular weight is 397 g/mol. The van der Waals surface area contributed by atoms with Crippen LogP contribution in [0.3, 0.4) is 0 Å². The number of nitrogens with one attached hydrogen (secondary N) is 1. The van der Waals surface area contributed by atoms with Gasteiger partial charge in [0.1, 0.15) is 0 Å². The molecule has 0 amide bonds. The molecule has 1 saturated heterocycles. The highest BCUT2D eigenvalue weighted by Crippen LogP contribution is 2.38. The van der Waals surface area contributed by atoms with Gasteiger partial charge in [0.2, 0.25) is 0 Å². The molecule has 0 bridgehead atoms. The lowest BCUT2D eigenvalue weighted by atomic mass is 10.2. The van der Waals surface area contributed by atoms with E-state index in [-0.39, 0.29) is 0 Å². The molecule has 0 radical (unpaired) electrons. The third-order valence-corrected chi connectivity index (χ3v) is 5.39. The Labute approximate surface area is 151 Å². The van der Waals surface area contributed by atoms with E-state index in [1.54, 1.807) is 0 Å². The van der Waals surface area contributed by atoms with Gasteiger partial charge in [0, 0.05) is 38.6 Å². The van der Waals surface area contributed by atoms with Crippen molar-refractivity contribution >= 4 is 15.9 Å². The van der Waals surface area contributed by atoms with Gasteiger partial charge >= 0.3 is 0 Å². The van der Waals surface area contributed by atoms with Crippen LogP contribution in [0.5, 0.6) is 11.5 Å². The maximum atomic E-state index is 5.90. The van der Waals surface area contributed by atoms with E-state index < -0.39 is 0 Å². The molecule has 1 unspecified atom stereocenters. The minimum Gasteiger partial charge on any atom is -0.490 e. The molecule has 1 aromatic carbocycles. The number of nitrogens with zero attached hydrogens (tertiary/aromatic N) is 1. The lowest BCUT2D eigenvalue weighted by Crippen LogP contribution is -2.47. The number of hydrogen-bond acceptors (Lipinski definition) is 5. The molecule has 1 aromatic rings. The summed E-state index contributed by atoms with van der Waals surface area (Å²) >= 11 is 3.60. The van der Waals surface area contributed by atoms with E-state index >= 15 is 0 Å². The zero-order chi connectivity index (χ0) is 16.4. The molecule has 2 fully saturated rings. The Morgan fingerprint density at radius 3 is 2.92 bits per heavy atom. The van der Waals surface area contributed by atoms with Crippen LogP contribution in [0.4, 0.5) is 0 Å². The van der Waals surface area contributed by atoms with Crippen LogP contribution in [0.1, 0.15) is 24.8 Å². The predicted molar refractivity (Wildman–Crippen MR) is 95.8 cm³/mol. The fourth-order valence-corrected chi connectivity index (χ4v) is 4.00. The van der Waals surface area contributed by atoms with Crippen LogP contribution in [-0.4, -0.2) is 56.5 Å². The van der Waals surface area contributed by atoms with E-state index in [9.17, 15) is 0 Å². The summed E-state index contributed by atoms with van der Waals surface area (Å²) in [6.45, 7) is 6.12. The number of benzene rings is 1. The molecule has 24 heavy (non-hydrogen) atoms. The normalized spacial score (nSPS) is 24.6. The molecule has 1 aliphatic carbocycles. The number of rotatable bonds is 5. The third-order valence-electron chi connectivity index (χ3n) is 4.80. The van der Waals surface area contributed by atoms with Crippen molar-refractivity contribution in [1.29, 1.82) is 0 Å². The van der Waals surface area contributed by atoms with Crippen molar-refractivity contribution in [2.75, 3.05) is 39.5 Å². The first kappa shape index (κ1) is 16.6. The molecular weight excluding hydrogens is 372 g/mol. The minimum atomic E-state index is 0.295. The largest absolute Gasteiger partial charge is 0.490 e. The van der Waals surface area contributed by atoms with E-state index in [4.69, 9.17) is 14.2 Å². The van der Waals surface area contributed by atoms with Crippen LogP contribution in [0, 0.1) is 0 Å². The summed E-state index contributed by atoms with van der Waals surface area (Å²) in [5.74, 6) is 1.67. The highest BCUT2D eigenvalue weighted by molar-refractivity contribution is 9.10. The minimum absolute atomic E-state index is 0.295. The highest BCUT2D eigenvalue weighted by atomic mass is 79.9. The van der Waals surface area contributed by atoms with E-state index in [0.717, 1.165) is 61.2 Å². The molecule has 132 valence electrons. The van der Waals surface area contributed by atoms with Gasteiger partial charge in [-0.2, -0.15) is 0 Å². The fraction of sp³-hybridized carbons (Fsp3) is 0.667. The summed E-state index contributed by atoms with van der Waals surface area (Å²) in [6.07, 6.45) is 3.95. The zero-order valence-electron chi connectivity index (χ0n) is 13.9. The molecule has 1 atom stereocenters. The van der Waals surface area contributed by atoms with Gasteiger partial charge in [-0.15, -0.1) is 0 Å². The molecule has 6 heteroatoms. The smallest absolute Gasteiger partial charge is 0.175 e. The second-order valence-electron chi connectivity index (χ2n) is 6.81. The molecule has 0 aromatic heterocycles. The van der Waals surface area contributed by atoms with Gasteiger partial charge in [0.15, 0.2) is 11.5 Å². The van der Waals surface area contributed by atoms with Gasteiger partial charge < -0.3 is 19.5 Å². The van der Waals surface area contributed by atoms with Crippen LogP contribution in [0.15, 0.2) is 16.6 Å². The number of ether oxygens (including phenoxy) is 3. The Morgan fingerprint density at radius 1 is 1.17 bits per heavy atom. The van der Waals surface area contributed by atoms with Gasteiger partial charge in [0.25, 0.3) is 0 Å². The van der Waals surface area contributed by atoms with E-state index in [0.29, 0.717) is 19.3 Å². The maximum Gasteiger partial charge on any atom is 0.175 e. The standard InChI is InChI=1S/C18H25BrN2O3/c19-16-8-13(9-17-18(16)24-6-1-5-23-17)10-20-11-15-12-21(4-7-22-15)14-2-3-14/h8-9,14-15,20H,1-7,10-12H2. The topological polar surface area (TPSA) is 43.0 Å². The van der Waals surface area contributed by atoms with Crippen molar-refractivity contribution in [3.8, 4) is 11.5 Å². The van der Waals surface area contributed by atoms with Gasteiger partial charge in [-0.1, -0.05) is 0 Å². The van der Waals surface area contributed by atoms with Crippen molar-refractivity contribution in [2.24, 2.45) is 0 Å². The lowest BCUT2D eigenvalue weighted by Gasteiger charge is -2.33. The van der Waals surface area contributed by atoms with Crippen LogP contribution in [0.2, 0.25) is 0 Å². The molecule has 2 heterocycles. The summed E-state index contributed by atoms with van der Waals surface area (Å²) < 4.78 is 18.4. The number of hydrogen-bond donors (Lipinski definition) is 1. The third kappa shape index (κ3) is 4.04. The van der Waals surface area contributed by atoms with E-state index in [2.05, 4.69) is 38.3 Å². The molecule has 1 saturated carbocycles. The van der Waals surface area contributed by atoms with Gasteiger partial charge in [-0.3, -0.25) is 4.90 Å². The van der Waals surface area contributed by atoms with E-state index in [1.807, 2.05) is 0 Å². The molecule has 5 nitrogen and oxygen atoms in total. The average Bonchev–Trinajstić information content (AvgIpc) is 3.42. The quantitative estimate of drug-likeness (QED) is 0.828. The Morgan fingerprint density at radius 2 is 2.04 bits per heavy atom. The van der Waals surface area contributed by atoms with Gasteiger partial charge in [0.05, 0.1) is 30.4 Å². The number of halogens is 1. The Hall–Kier alpha value is -0.820. The first-order valence-electron chi connectivity index (χ1n) is 8.94. The highest BCUT2D eigenvalue weighted by Gasteiger charge is 2.32. The van der Waals surface area contributed by atoms with Gasteiger partial charge in [-0.05, 0) is 46.5 Å². The predicted octanol–water partition coefficient (Wildman–Crippen LogP) is 2.56. The maximum absolute atomic E-state index is 5.90. The van der Waals surface area contributed by atoms with Crippen LogP contribution >= 0.6 is 15.9 Å². The lowest BCUT2D eigenvalue weighted by molar-refractivity contribution is -0.0301. The summed E-state index contributed by atoms with van der Waals surface area (Å²) in [5, 5.41) is 3.53. The second kappa shape index (κ2) is 7.60. The summed E-state index contributed by atoms with van der Waals surface area (Å²) in [7, 11) is 0. The number of morpholine rings is 1. The Bertz CT molecular complexity index is 580. The van der Waals surface area contributed by atoms with Crippen LogP contribution in [-0.2, 0) is 11.3 Å². The molecular formula is C18H25BrN2O3. The first-order chi connectivity index (χ1) is 11.8. The molecule has 4 rings (SSSR count). The monoisotopic (exact) mass is 396 g/mol. The van der Waals surface area contributed by atoms with Crippen molar-refractivity contribution in [3.05, 3.63) is 22.2 Å². The van der Waals surface area contributed by atoms with Gasteiger partial charge in [-0.25, -0.2) is 0 Å². The fourth-order valence-electron chi connectivity index (χ4n) is 3.40. The van der Waals surface area contributed by atoms with Crippen molar-refractivity contribution in [3.63, 3.8) is 0 Å². The summed E-state index contributed by atoms with van der Waals surface area (Å²) in [6, 6.07) is 5.02. The molecule has 3 aliphatic rings. The van der Waals surface area contributed by atoms with Crippen LogP contribution < -0.4 is 14.8 Å². The van der Waals surface area contributed by atoms with E-state index in [1.165, 1.54) is 18.4 Å². The molecule has 2 aliphatic heterocycles. The van der Waals surface area contributed by atoms with Crippen molar-refractivity contribution in [2.45, 2.75) is 38.0 Å². The molecule has 0 spiro atoms. The van der Waals surface area contributed by atoms with Crippen LogP contribution in [0.25, 0.3) is 0 Å². The number of fused-ring (bicyclic) bond motifs is 1. The summed E-state index contributed by atoms with van der Waals surface area (Å²) in [5.41, 5.74) is 1.20. The Kier molecular flexibility index (Phi) is 5.27. The first-order valence-corrected chi connectivity index (χ1v) is 9.73. The summed E-state index contributed by atoms with van der Waals surface area (Å²) in [4.78, 5) is 2.58. The van der Waals surface area contributed by atoms with Crippen molar-refractivity contribution in [1.82, 2.24) is 10.2 Å². The zero-order valence-corrected chi connectivity index (χ0v) is 15.5. The second-order valence-corrected chi connectivity index (χ2v) is 7.66.